The Labute approximate surface area is 119 Å². The summed E-state index contributed by atoms with van der Waals surface area (Å²) >= 11 is 0. The quantitative estimate of drug-likeness (QED) is 0.777. The molecule has 4 atom stereocenters. The minimum Gasteiger partial charge on any atom is -0.389 e. The van der Waals surface area contributed by atoms with Gasteiger partial charge in [-0.3, -0.25) is 0 Å². The normalized spacial score (nSPS) is 46.0. The molecule has 4 heteroatoms. The van der Waals surface area contributed by atoms with Gasteiger partial charge in [0.2, 0.25) is 0 Å². The van der Waals surface area contributed by atoms with Gasteiger partial charge in [0.25, 0.3) is 0 Å². The lowest BCUT2D eigenvalue weighted by Gasteiger charge is -2.40. The highest BCUT2D eigenvalue weighted by Crippen LogP contribution is 2.48. The summed E-state index contributed by atoms with van der Waals surface area (Å²) in [6, 6.07) is 0. The molecule has 0 bridgehead atoms. The monoisotopic (exact) mass is 290 g/mol. The van der Waals surface area contributed by atoms with Gasteiger partial charge < -0.3 is 10.2 Å². The van der Waals surface area contributed by atoms with Crippen molar-refractivity contribution in [1.82, 2.24) is 0 Å². The third kappa shape index (κ3) is 3.59. The summed E-state index contributed by atoms with van der Waals surface area (Å²) in [5.41, 5.74) is -1.03. The van der Waals surface area contributed by atoms with Crippen LogP contribution in [0.3, 0.4) is 0 Å². The SMILES string of the molecule is C[C@@]1(O)CCCC[C@H]1SS[C@@H]1CCCC[C@@]1(C)O. The molecule has 106 valence electrons. The van der Waals surface area contributed by atoms with Gasteiger partial charge in [0.15, 0.2) is 0 Å². The molecule has 0 aromatic heterocycles. The lowest BCUT2D eigenvalue weighted by molar-refractivity contribution is 0.0278. The fourth-order valence-electron chi connectivity index (χ4n) is 3.01. The Balaban J connectivity index is 1.86. The summed E-state index contributed by atoms with van der Waals surface area (Å²) < 4.78 is 0. The standard InChI is InChI=1S/C14H26O2S2/c1-13(15)9-5-3-7-11(13)17-18-12-8-4-6-10-14(12,2)16/h11-12,15-16H,3-10H2,1-2H3/t11-,12-,13-,14-/m1/s1. The Bertz CT molecular complexity index is 251. The average Bonchev–Trinajstić information content (AvgIpc) is 2.28. The minimum atomic E-state index is -0.517. The molecule has 18 heavy (non-hydrogen) atoms. The van der Waals surface area contributed by atoms with Gasteiger partial charge in [0.05, 0.1) is 11.2 Å². The zero-order valence-electron chi connectivity index (χ0n) is 11.5. The highest BCUT2D eigenvalue weighted by atomic mass is 33.1. The fraction of sp³-hybridized carbons (Fsp3) is 1.00. The van der Waals surface area contributed by atoms with E-state index in [1.54, 1.807) is 0 Å². The van der Waals surface area contributed by atoms with Crippen LogP contribution >= 0.6 is 21.6 Å². The van der Waals surface area contributed by atoms with E-state index in [0.717, 1.165) is 38.5 Å². The van der Waals surface area contributed by atoms with Gasteiger partial charge in [-0.1, -0.05) is 47.3 Å². The smallest absolute Gasteiger partial charge is 0.0746 e. The Morgan fingerprint density at radius 1 is 0.778 bits per heavy atom. The summed E-state index contributed by atoms with van der Waals surface area (Å²) in [6.45, 7) is 3.95. The number of hydrogen-bond donors (Lipinski definition) is 2. The Kier molecular flexibility index (Phi) is 4.96. The van der Waals surface area contributed by atoms with E-state index in [1.807, 2.05) is 35.4 Å². The largest absolute Gasteiger partial charge is 0.389 e. The predicted octanol–water partition coefficient (Wildman–Crippen LogP) is 3.76. The van der Waals surface area contributed by atoms with E-state index in [0.29, 0.717) is 10.5 Å². The summed E-state index contributed by atoms with van der Waals surface area (Å²) in [6.07, 6.45) is 8.83. The van der Waals surface area contributed by atoms with Crippen LogP contribution in [0.1, 0.15) is 65.2 Å². The number of rotatable bonds is 3. The predicted molar refractivity (Wildman–Crippen MR) is 80.9 cm³/mol. The van der Waals surface area contributed by atoms with Gasteiger partial charge in [0, 0.05) is 10.5 Å². The Hall–Kier alpha value is 0.620. The molecule has 0 aromatic rings. The molecule has 2 aliphatic carbocycles. The van der Waals surface area contributed by atoms with Crippen LogP contribution in [-0.4, -0.2) is 31.9 Å². The molecule has 0 saturated heterocycles. The highest BCUT2D eigenvalue weighted by Gasteiger charge is 2.39. The van der Waals surface area contributed by atoms with E-state index < -0.39 is 11.2 Å². The van der Waals surface area contributed by atoms with Crippen molar-refractivity contribution < 1.29 is 10.2 Å². The summed E-state index contributed by atoms with van der Waals surface area (Å²) in [5, 5.41) is 21.4. The van der Waals surface area contributed by atoms with E-state index in [4.69, 9.17) is 0 Å². The third-order valence-electron chi connectivity index (χ3n) is 4.47. The molecule has 0 unspecified atom stereocenters. The van der Waals surface area contributed by atoms with E-state index in [1.165, 1.54) is 12.8 Å². The second-order valence-electron chi connectivity index (χ2n) is 6.38. The van der Waals surface area contributed by atoms with Crippen molar-refractivity contribution in [2.24, 2.45) is 0 Å². The van der Waals surface area contributed by atoms with Gasteiger partial charge in [-0.25, -0.2) is 0 Å². The zero-order chi connectivity index (χ0) is 13.2. The molecule has 0 spiro atoms. The van der Waals surface area contributed by atoms with E-state index in [2.05, 4.69) is 0 Å². The van der Waals surface area contributed by atoms with Crippen LogP contribution in [0.2, 0.25) is 0 Å². The molecular weight excluding hydrogens is 264 g/mol. The summed E-state index contributed by atoms with van der Waals surface area (Å²) in [7, 11) is 3.64. The second kappa shape index (κ2) is 5.94. The minimum absolute atomic E-state index is 0.328. The van der Waals surface area contributed by atoms with Crippen LogP contribution in [0.5, 0.6) is 0 Å². The van der Waals surface area contributed by atoms with Crippen LogP contribution in [0.15, 0.2) is 0 Å². The lowest BCUT2D eigenvalue weighted by Crippen LogP contribution is -2.41. The maximum atomic E-state index is 10.4. The van der Waals surface area contributed by atoms with Gasteiger partial charge in [-0.05, 0) is 39.5 Å². The molecule has 0 radical (unpaired) electrons. The van der Waals surface area contributed by atoms with E-state index in [9.17, 15) is 10.2 Å². The van der Waals surface area contributed by atoms with Crippen LogP contribution in [0.4, 0.5) is 0 Å². The maximum absolute atomic E-state index is 10.4. The van der Waals surface area contributed by atoms with Gasteiger partial charge in [-0.15, -0.1) is 0 Å². The summed E-state index contributed by atoms with van der Waals surface area (Å²) in [5.74, 6) is 0. The van der Waals surface area contributed by atoms with Crippen LogP contribution < -0.4 is 0 Å². The van der Waals surface area contributed by atoms with Gasteiger partial charge >= 0.3 is 0 Å². The van der Waals surface area contributed by atoms with Crippen molar-refractivity contribution in [2.75, 3.05) is 0 Å². The first-order valence-corrected chi connectivity index (χ1v) is 9.46. The van der Waals surface area contributed by atoms with Crippen LogP contribution in [-0.2, 0) is 0 Å². The van der Waals surface area contributed by atoms with Crippen LogP contribution in [0, 0.1) is 0 Å². The average molecular weight is 290 g/mol. The number of hydrogen-bond acceptors (Lipinski definition) is 4. The molecule has 2 nitrogen and oxygen atoms in total. The first-order chi connectivity index (χ1) is 8.42. The molecule has 2 aliphatic rings. The molecule has 2 N–H and O–H groups in total. The topological polar surface area (TPSA) is 40.5 Å². The molecule has 2 rings (SSSR count). The van der Waals surface area contributed by atoms with Crippen molar-refractivity contribution >= 4 is 21.6 Å². The van der Waals surface area contributed by atoms with Crippen LogP contribution in [0.25, 0.3) is 0 Å². The van der Waals surface area contributed by atoms with Crippen molar-refractivity contribution in [3.63, 3.8) is 0 Å². The molecule has 2 fully saturated rings. The first-order valence-electron chi connectivity index (χ1n) is 7.19. The second-order valence-corrected chi connectivity index (χ2v) is 9.05. The van der Waals surface area contributed by atoms with E-state index in [-0.39, 0.29) is 0 Å². The Morgan fingerprint density at radius 3 is 1.50 bits per heavy atom. The molecule has 2 saturated carbocycles. The first kappa shape index (κ1) is 15.0. The summed E-state index contributed by atoms with van der Waals surface area (Å²) in [4.78, 5) is 0. The third-order valence-corrected chi connectivity index (χ3v) is 8.26. The van der Waals surface area contributed by atoms with Gasteiger partial charge in [0.1, 0.15) is 0 Å². The molecule has 0 amide bonds. The van der Waals surface area contributed by atoms with E-state index >= 15 is 0 Å². The number of aliphatic hydroxyl groups is 2. The highest BCUT2D eigenvalue weighted by molar-refractivity contribution is 8.77. The van der Waals surface area contributed by atoms with Gasteiger partial charge in [-0.2, -0.15) is 0 Å². The molecule has 0 aliphatic heterocycles. The van der Waals surface area contributed by atoms with Crippen molar-refractivity contribution in [3.05, 3.63) is 0 Å². The van der Waals surface area contributed by atoms with Crippen molar-refractivity contribution in [2.45, 2.75) is 86.9 Å². The molecule has 0 heterocycles. The molecular formula is C14H26O2S2. The molecule has 0 aromatic carbocycles. The maximum Gasteiger partial charge on any atom is 0.0746 e. The fourth-order valence-corrected chi connectivity index (χ4v) is 7.08. The lowest BCUT2D eigenvalue weighted by atomic mass is 9.86. The van der Waals surface area contributed by atoms with Crippen molar-refractivity contribution in [3.8, 4) is 0 Å². The zero-order valence-corrected chi connectivity index (χ0v) is 13.2. The van der Waals surface area contributed by atoms with Crippen molar-refractivity contribution in [1.29, 1.82) is 0 Å². The Morgan fingerprint density at radius 2 is 1.17 bits per heavy atom.